The zero-order valence-corrected chi connectivity index (χ0v) is 12.8. The number of thiocyanates is 1. The van der Waals surface area contributed by atoms with Gasteiger partial charge in [0.1, 0.15) is 0 Å². The monoisotopic (exact) mass is 302 g/mol. The summed E-state index contributed by atoms with van der Waals surface area (Å²) < 4.78 is 25.1. The van der Waals surface area contributed by atoms with Crippen LogP contribution in [0.2, 0.25) is 0 Å². The van der Waals surface area contributed by atoms with Gasteiger partial charge < -0.3 is 0 Å². The van der Waals surface area contributed by atoms with Crippen LogP contribution in [-0.2, 0) is 10.0 Å². The van der Waals surface area contributed by atoms with Gasteiger partial charge in [-0.2, -0.15) is 18.8 Å². The van der Waals surface area contributed by atoms with Crippen LogP contribution in [0.4, 0.5) is 0 Å². The van der Waals surface area contributed by atoms with E-state index in [9.17, 15) is 8.42 Å². The van der Waals surface area contributed by atoms with Crippen LogP contribution in [0.3, 0.4) is 0 Å². The summed E-state index contributed by atoms with van der Waals surface area (Å²) in [4.78, 5) is 0. The van der Waals surface area contributed by atoms with Crippen LogP contribution in [-0.4, -0.2) is 61.0 Å². The number of rotatable bonds is 5. The summed E-state index contributed by atoms with van der Waals surface area (Å²) in [6, 6.07) is 0. The summed E-state index contributed by atoms with van der Waals surface area (Å²) in [6.07, 6.45) is 3.82. The molecule has 0 bridgehead atoms. The van der Waals surface area contributed by atoms with Crippen LogP contribution >= 0.6 is 0 Å². The second kappa shape index (κ2) is 6.34. The molecule has 0 aromatic heterocycles. The number of hydrogen-bond acceptors (Lipinski definition) is 7. The highest BCUT2D eigenvalue weighted by Crippen LogP contribution is 2.25. The predicted molar refractivity (Wildman–Crippen MR) is 73.5 cm³/mol. The molecule has 1 atom stereocenters. The maximum absolute atomic E-state index is 12.0. The van der Waals surface area contributed by atoms with Gasteiger partial charge in [0.05, 0.1) is 12.8 Å². The normalized spacial score (nSPS) is 27.1. The van der Waals surface area contributed by atoms with Gasteiger partial charge >= 0.3 is 10.0 Å². The first-order valence-corrected chi connectivity index (χ1v) is 8.40. The molecule has 0 radical (unpaired) electrons. The highest BCUT2D eigenvalue weighted by atomic mass is 32.2. The zero-order valence-electron chi connectivity index (χ0n) is 12.0. The molecule has 20 heavy (non-hydrogen) atoms. The number of hydrazine groups is 3. The molecule has 2 heterocycles. The maximum Gasteiger partial charge on any atom is 0.323 e. The van der Waals surface area contributed by atoms with Gasteiger partial charge in [-0.3, -0.25) is 5.32 Å². The third-order valence-corrected chi connectivity index (χ3v) is 4.76. The van der Waals surface area contributed by atoms with Crippen molar-refractivity contribution in [2.24, 2.45) is 0 Å². The maximum atomic E-state index is 12.0. The molecule has 9 heteroatoms. The summed E-state index contributed by atoms with van der Waals surface area (Å²) in [6.45, 7) is 3.93. The molecule has 2 saturated heterocycles. The number of nitrogens with one attached hydrogen (secondary N) is 1. The SMILES string of the molecule is CCCCN1CN(S(=O)(=O)C#N)N(C2CCCN2)N1C. The van der Waals surface area contributed by atoms with Crippen molar-refractivity contribution in [3.05, 3.63) is 0 Å². The van der Waals surface area contributed by atoms with Gasteiger partial charge in [-0.05, 0) is 25.8 Å². The van der Waals surface area contributed by atoms with Crippen molar-refractivity contribution in [1.29, 1.82) is 5.26 Å². The molecule has 1 N–H and O–H groups in total. The second-order valence-corrected chi connectivity index (χ2v) is 6.62. The average molecular weight is 302 g/mol. The summed E-state index contributed by atoms with van der Waals surface area (Å²) in [7, 11) is -2.10. The molecule has 0 aliphatic carbocycles. The van der Waals surface area contributed by atoms with Gasteiger partial charge in [0.2, 0.25) is 5.40 Å². The third-order valence-electron chi connectivity index (χ3n) is 3.69. The minimum atomic E-state index is -3.93. The van der Waals surface area contributed by atoms with Crippen LogP contribution in [0.25, 0.3) is 0 Å². The molecule has 0 aromatic rings. The molecule has 2 aliphatic heterocycles. The van der Waals surface area contributed by atoms with Crippen LogP contribution in [0.15, 0.2) is 0 Å². The first-order valence-electron chi connectivity index (χ1n) is 6.96. The van der Waals surface area contributed by atoms with Gasteiger partial charge in [0.15, 0.2) is 0 Å². The Bertz CT molecular complexity index is 470. The van der Waals surface area contributed by atoms with Crippen molar-refractivity contribution < 1.29 is 8.42 Å². The van der Waals surface area contributed by atoms with Crippen LogP contribution < -0.4 is 5.32 Å². The van der Waals surface area contributed by atoms with Gasteiger partial charge in [0, 0.05) is 13.6 Å². The minimum Gasteiger partial charge on any atom is -0.299 e. The summed E-state index contributed by atoms with van der Waals surface area (Å²) in [5.74, 6) is 0. The van der Waals surface area contributed by atoms with Crippen LogP contribution in [0.5, 0.6) is 0 Å². The van der Waals surface area contributed by atoms with E-state index in [1.807, 2.05) is 17.2 Å². The molecule has 114 valence electrons. The first-order chi connectivity index (χ1) is 9.51. The van der Waals surface area contributed by atoms with Crippen molar-refractivity contribution in [3.8, 4) is 5.40 Å². The zero-order chi connectivity index (χ0) is 14.8. The summed E-state index contributed by atoms with van der Waals surface area (Å²) >= 11 is 0. The Balaban J connectivity index is 2.21. The number of unbranched alkanes of at least 4 members (excludes halogenated alkanes) is 1. The molecule has 0 amide bonds. The van der Waals surface area contributed by atoms with Gasteiger partial charge in [-0.15, -0.1) is 5.12 Å². The van der Waals surface area contributed by atoms with E-state index in [1.165, 1.54) is 5.40 Å². The van der Waals surface area contributed by atoms with E-state index in [0.29, 0.717) is 0 Å². The van der Waals surface area contributed by atoms with E-state index < -0.39 is 10.0 Å². The van der Waals surface area contributed by atoms with E-state index in [2.05, 4.69) is 12.2 Å². The fourth-order valence-electron chi connectivity index (χ4n) is 2.58. The van der Waals surface area contributed by atoms with E-state index in [4.69, 9.17) is 5.26 Å². The molecule has 0 spiro atoms. The standard InChI is InChI=1S/C11H22N6O2S/c1-3-4-8-15-10-16(20(18,19)9-12)17(14(15)2)11-6-5-7-13-11/h11,13H,3-8,10H2,1-2H3. The lowest BCUT2D eigenvalue weighted by atomic mass is 10.3. The van der Waals surface area contributed by atoms with E-state index in [1.54, 1.807) is 5.12 Å². The van der Waals surface area contributed by atoms with E-state index in [0.717, 1.165) is 43.2 Å². The van der Waals surface area contributed by atoms with Crippen LogP contribution in [0.1, 0.15) is 32.6 Å². The number of nitrogens with zero attached hydrogens (tertiary/aromatic N) is 5. The molecule has 8 nitrogen and oxygen atoms in total. The molecule has 2 fully saturated rings. The predicted octanol–water partition coefficient (Wildman–Crippen LogP) is -0.139. The molecular formula is C11H22N6O2S. The largest absolute Gasteiger partial charge is 0.323 e. The lowest BCUT2D eigenvalue weighted by molar-refractivity contribution is -0.166. The van der Waals surface area contributed by atoms with Crippen molar-refractivity contribution >= 4 is 10.0 Å². The quantitative estimate of drug-likeness (QED) is 0.559. The topological polar surface area (TPSA) is 82.9 Å². The molecule has 1 unspecified atom stereocenters. The Labute approximate surface area is 120 Å². The Hall–Kier alpha value is -0.760. The van der Waals surface area contributed by atoms with Gasteiger partial charge in [-0.1, -0.05) is 17.8 Å². The number of nitriles is 1. The number of hydrogen-bond donors (Lipinski definition) is 1. The Morgan fingerprint density at radius 2 is 2.20 bits per heavy atom. The van der Waals surface area contributed by atoms with E-state index in [-0.39, 0.29) is 12.8 Å². The van der Waals surface area contributed by atoms with E-state index >= 15 is 0 Å². The Morgan fingerprint density at radius 3 is 2.75 bits per heavy atom. The van der Waals surface area contributed by atoms with Gasteiger partial charge in [-0.25, -0.2) is 5.01 Å². The van der Waals surface area contributed by atoms with Crippen LogP contribution in [0, 0.1) is 10.7 Å². The Morgan fingerprint density at radius 1 is 1.45 bits per heavy atom. The molecule has 2 aliphatic rings. The molecular weight excluding hydrogens is 280 g/mol. The fourth-order valence-corrected chi connectivity index (χ4v) is 3.40. The van der Waals surface area contributed by atoms with Crippen molar-refractivity contribution in [2.75, 3.05) is 26.8 Å². The third kappa shape index (κ3) is 2.95. The minimum absolute atomic E-state index is 0.0743. The van der Waals surface area contributed by atoms with Gasteiger partial charge in [0.25, 0.3) is 0 Å². The van der Waals surface area contributed by atoms with Crippen molar-refractivity contribution in [2.45, 2.75) is 38.8 Å². The fraction of sp³-hybridized carbons (Fsp3) is 0.909. The highest BCUT2D eigenvalue weighted by molar-refractivity contribution is 7.93. The summed E-state index contributed by atoms with van der Waals surface area (Å²) in [5.41, 5.74) is 0. The lowest BCUT2D eigenvalue weighted by Gasteiger charge is -2.34. The Kier molecular flexibility index (Phi) is 4.95. The highest BCUT2D eigenvalue weighted by Gasteiger charge is 2.45. The molecule has 0 saturated carbocycles. The first kappa shape index (κ1) is 15.6. The summed E-state index contributed by atoms with van der Waals surface area (Å²) in [5, 5.41) is 19.0. The smallest absolute Gasteiger partial charge is 0.299 e. The van der Waals surface area contributed by atoms with Crippen molar-refractivity contribution in [1.82, 2.24) is 25.0 Å². The lowest BCUT2D eigenvalue weighted by Crippen LogP contribution is -2.55. The second-order valence-electron chi connectivity index (χ2n) is 5.07. The average Bonchev–Trinajstić information content (AvgIpc) is 3.04. The molecule has 0 aromatic carbocycles. The molecule has 2 rings (SSSR count). The van der Waals surface area contributed by atoms with Crippen molar-refractivity contribution in [3.63, 3.8) is 0 Å². The number of sulfonamides is 1.